The molecule has 3 heteroatoms. The van der Waals surface area contributed by atoms with E-state index >= 15 is 0 Å². The zero-order valence-corrected chi connectivity index (χ0v) is 11.1. The SMILES string of the molecule is c1ccc2c(c1)CC2CNc1ncnc2ccccc12. The summed E-state index contributed by atoms with van der Waals surface area (Å²) in [7, 11) is 0. The van der Waals surface area contributed by atoms with Crippen molar-refractivity contribution in [3.05, 3.63) is 66.0 Å². The molecule has 1 atom stereocenters. The van der Waals surface area contributed by atoms with E-state index in [2.05, 4.69) is 45.6 Å². The summed E-state index contributed by atoms with van der Waals surface area (Å²) >= 11 is 0. The number of aromatic nitrogens is 2. The number of benzene rings is 2. The van der Waals surface area contributed by atoms with Crippen molar-refractivity contribution in [2.75, 3.05) is 11.9 Å². The maximum absolute atomic E-state index is 4.37. The maximum Gasteiger partial charge on any atom is 0.137 e. The average Bonchev–Trinajstić information content (AvgIpc) is 2.48. The van der Waals surface area contributed by atoms with Gasteiger partial charge in [0, 0.05) is 17.8 Å². The van der Waals surface area contributed by atoms with Crippen molar-refractivity contribution in [3.63, 3.8) is 0 Å². The van der Waals surface area contributed by atoms with Gasteiger partial charge in [0.1, 0.15) is 12.1 Å². The van der Waals surface area contributed by atoms with Crippen LogP contribution in [-0.4, -0.2) is 16.5 Å². The minimum absolute atomic E-state index is 0.597. The smallest absolute Gasteiger partial charge is 0.137 e. The van der Waals surface area contributed by atoms with Crippen molar-refractivity contribution in [1.82, 2.24) is 9.97 Å². The lowest BCUT2D eigenvalue weighted by Crippen LogP contribution is -2.24. The molecule has 0 spiro atoms. The predicted molar refractivity (Wildman–Crippen MR) is 80.9 cm³/mol. The zero-order chi connectivity index (χ0) is 13.4. The van der Waals surface area contributed by atoms with Crippen LogP contribution in [0.1, 0.15) is 17.0 Å². The number of para-hydroxylation sites is 1. The molecule has 1 aliphatic rings. The molecule has 3 nitrogen and oxygen atoms in total. The number of fused-ring (bicyclic) bond motifs is 2. The highest BCUT2D eigenvalue weighted by atomic mass is 15.0. The lowest BCUT2D eigenvalue weighted by Gasteiger charge is -2.30. The number of nitrogens with one attached hydrogen (secondary N) is 1. The Morgan fingerprint density at radius 2 is 1.85 bits per heavy atom. The molecule has 0 saturated carbocycles. The van der Waals surface area contributed by atoms with E-state index in [9.17, 15) is 0 Å². The topological polar surface area (TPSA) is 37.8 Å². The Hall–Kier alpha value is -2.42. The standard InChI is InChI=1S/C17H15N3/c1-2-6-14-12(5-1)9-13(14)10-18-17-15-7-3-4-8-16(15)19-11-20-17/h1-8,11,13H,9-10H2,(H,18,19,20). The number of rotatable bonds is 3. The zero-order valence-electron chi connectivity index (χ0n) is 11.1. The van der Waals surface area contributed by atoms with Crippen LogP contribution >= 0.6 is 0 Å². The van der Waals surface area contributed by atoms with E-state index in [1.54, 1.807) is 6.33 Å². The van der Waals surface area contributed by atoms with Crippen LogP contribution in [0.15, 0.2) is 54.9 Å². The molecule has 1 unspecified atom stereocenters. The molecule has 0 radical (unpaired) electrons. The Kier molecular flexibility index (Phi) is 2.62. The van der Waals surface area contributed by atoms with E-state index in [0.29, 0.717) is 5.92 Å². The monoisotopic (exact) mass is 261 g/mol. The summed E-state index contributed by atoms with van der Waals surface area (Å²) in [5, 5.41) is 4.57. The second kappa shape index (κ2) is 4.60. The van der Waals surface area contributed by atoms with Gasteiger partial charge in [0.05, 0.1) is 5.52 Å². The molecule has 3 aromatic rings. The minimum Gasteiger partial charge on any atom is -0.369 e. The Labute approximate surface area is 117 Å². The van der Waals surface area contributed by atoms with Crippen LogP contribution < -0.4 is 5.32 Å². The Morgan fingerprint density at radius 3 is 2.80 bits per heavy atom. The van der Waals surface area contributed by atoms with Gasteiger partial charge < -0.3 is 5.32 Å². The summed E-state index contributed by atoms with van der Waals surface area (Å²) in [5.74, 6) is 1.53. The van der Waals surface area contributed by atoms with Crippen LogP contribution in [0.4, 0.5) is 5.82 Å². The van der Waals surface area contributed by atoms with Crippen molar-refractivity contribution >= 4 is 16.7 Å². The molecule has 98 valence electrons. The third-order valence-electron chi connectivity index (χ3n) is 4.02. The van der Waals surface area contributed by atoms with Crippen molar-refractivity contribution in [2.45, 2.75) is 12.3 Å². The van der Waals surface area contributed by atoms with Gasteiger partial charge in [-0.1, -0.05) is 36.4 Å². The Bertz CT molecular complexity index is 762. The highest BCUT2D eigenvalue weighted by Crippen LogP contribution is 2.34. The first-order chi connectivity index (χ1) is 9.92. The average molecular weight is 261 g/mol. The third kappa shape index (κ3) is 1.83. The number of hydrogen-bond donors (Lipinski definition) is 1. The van der Waals surface area contributed by atoms with Gasteiger partial charge in [0.2, 0.25) is 0 Å². The molecule has 20 heavy (non-hydrogen) atoms. The molecule has 4 rings (SSSR count). The molecule has 0 fully saturated rings. The third-order valence-corrected chi connectivity index (χ3v) is 4.02. The predicted octanol–water partition coefficient (Wildman–Crippen LogP) is 3.38. The summed E-state index contributed by atoms with van der Waals surface area (Å²) in [5.41, 5.74) is 3.93. The van der Waals surface area contributed by atoms with Crippen LogP contribution in [-0.2, 0) is 6.42 Å². The highest BCUT2D eigenvalue weighted by Gasteiger charge is 2.25. The molecule has 1 aliphatic carbocycles. The van der Waals surface area contributed by atoms with E-state index in [4.69, 9.17) is 0 Å². The van der Waals surface area contributed by atoms with Gasteiger partial charge in [-0.3, -0.25) is 0 Å². The van der Waals surface area contributed by atoms with Gasteiger partial charge in [0.25, 0.3) is 0 Å². The Balaban J connectivity index is 1.55. The highest BCUT2D eigenvalue weighted by molar-refractivity contribution is 5.88. The number of nitrogens with zero attached hydrogens (tertiary/aromatic N) is 2. The van der Waals surface area contributed by atoms with Gasteiger partial charge in [0.15, 0.2) is 0 Å². The summed E-state index contributed by atoms with van der Waals surface area (Å²) in [4.78, 5) is 8.66. The normalized spacial score (nSPS) is 16.5. The fourth-order valence-electron chi connectivity index (χ4n) is 2.91. The van der Waals surface area contributed by atoms with Gasteiger partial charge in [-0.2, -0.15) is 0 Å². The molecule has 0 aliphatic heterocycles. The van der Waals surface area contributed by atoms with Crippen LogP contribution in [0.25, 0.3) is 10.9 Å². The van der Waals surface area contributed by atoms with E-state index in [0.717, 1.165) is 29.7 Å². The molecule has 1 N–H and O–H groups in total. The first kappa shape index (κ1) is 11.4. The lowest BCUT2D eigenvalue weighted by molar-refractivity contribution is 0.635. The molecule has 0 saturated heterocycles. The quantitative estimate of drug-likeness (QED) is 0.785. The molecular weight excluding hydrogens is 246 g/mol. The van der Waals surface area contributed by atoms with Gasteiger partial charge >= 0.3 is 0 Å². The van der Waals surface area contributed by atoms with E-state index in [1.807, 2.05) is 18.2 Å². The van der Waals surface area contributed by atoms with Crippen LogP contribution in [0.2, 0.25) is 0 Å². The first-order valence-electron chi connectivity index (χ1n) is 6.93. The second-order valence-corrected chi connectivity index (χ2v) is 5.22. The number of hydrogen-bond acceptors (Lipinski definition) is 3. The fraction of sp³-hybridized carbons (Fsp3) is 0.176. The molecule has 0 bridgehead atoms. The van der Waals surface area contributed by atoms with Gasteiger partial charge in [-0.15, -0.1) is 0 Å². The fourth-order valence-corrected chi connectivity index (χ4v) is 2.91. The van der Waals surface area contributed by atoms with Crippen molar-refractivity contribution < 1.29 is 0 Å². The molecule has 2 aromatic carbocycles. The Morgan fingerprint density at radius 1 is 1.00 bits per heavy atom. The molecular formula is C17H15N3. The molecule has 1 aromatic heterocycles. The number of anilines is 1. The minimum atomic E-state index is 0.597. The summed E-state index contributed by atoms with van der Waals surface area (Å²) in [6.07, 6.45) is 2.78. The summed E-state index contributed by atoms with van der Waals surface area (Å²) in [6, 6.07) is 16.8. The van der Waals surface area contributed by atoms with Crippen molar-refractivity contribution in [1.29, 1.82) is 0 Å². The van der Waals surface area contributed by atoms with Gasteiger partial charge in [-0.05, 0) is 29.7 Å². The van der Waals surface area contributed by atoms with Crippen LogP contribution in [0, 0.1) is 0 Å². The van der Waals surface area contributed by atoms with Crippen molar-refractivity contribution in [2.24, 2.45) is 0 Å². The van der Waals surface area contributed by atoms with Crippen LogP contribution in [0.5, 0.6) is 0 Å². The van der Waals surface area contributed by atoms with Gasteiger partial charge in [-0.25, -0.2) is 9.97 Å². The van der Waals surface area contributed by atoms with E-state index in [-0.39, 0.29) is 0 Å². The maximum atomic E-state index is 4.37. The van der Waals surface area contributed by atoms with E-state index in [1.165, 1.54) is 11.1 Å². The lowest BCUT2D eigenvalue weighted by atomic mass is 9.77. The van der Waals surface area contributed by atoms with E-state index < -0.39 is 0 Å². The first-order valence-corrected chi connectivity index (χ1v) is 6.93. The summed E-state index contributed by atoms with van der Waals surface area (Å²) < 4.78 is 0. The summed E-state index contributed by atoms with van der Waals surface area (Å²) in [6.45, 7) is 0.929. The molecule has 0 amide bonds. The molecule has 1 heterocycles. The van der Waals surface area contributed by atoms with Crippen molar-refractivity contribution in [3.8, 4) is 0 Å². The largest absolute Gasteiger partial charge is 0.369 e. The second-order valence-electron chi connectivity index (χ2n) is 5.22. The van der Waals surface area contributed by atoms with Crippen LogP contribution in [0.3, 0.4) is 0 Å².